The van der Waals surface area contributed by atoms with E-state index in [1.54, 1.807) is 0 Å². The largest absolute Gasteiger partial charge is 0.406 e. The fourth-order valence-electron chi connectivity index (χ4n) is 1.35. The number of halogens is 3. The molecule has 0 unspecified atom stereocenters. The highest BCUT2D eigenvalue weighted by Crippen LogP contribution is 2.16. The molecule has 20 heavy (non-hydrogen) atoms. The molecule has 0 aliphatic heterocycles. The molecule has 0 fully saturated rings. The van der Waals surface area contributed by atoms with Gasteiger partial charge in [0.05, 0.1) is 6.04 Å². The number of anilines is 1. The Kier molecular flexibility index (Phi) is 4.80. The Morgan fingerprint density at radius 1 is 1.55 bits per heavy atom. The number of carbonyl (C=O) groups is 1. The first kappa shape index (κ1) is 15.6. The van der Waals surface area contributed by atoms with Gasteiger partial charge in [-0.15, -0.1) is 6.42 Å². The molecular formula is C12H12F3N3O2. The van der Waals surface area contributed by atoms with Crippen molar-refractivity contribution in [3.8, 4) is 12.3 Å². The number of pyridine rings is 1. The van der Waals surface area contributed by atoms with Crippen molar-refractivity contribution in [1.29, 1.82) is 0 Å². The van der Waals surface area contributed by atoms with Crippen molar-refractivity contribution in [3.05, 3.63) is 28.7 Å². The zero-order valence-electron chi connectivity index (χ0n) is 10.5. The number of aromatic nitrogens is 1. The summed E-state index contributed by atoms with van der Waals surface area (Å²) in [5.41, 5.74) is -1.22. The lowest BCUT2D eigenvalue weighted by atomic mass is 10.3. The molecule has 1 rings (SSSR count). The Morgan fingerprint density at radius 2 is 2.20 bits per heavy atom. The minimum absolute atomic E-state index is 0.265. The van der Waals surface area contributed by atoms with Crippen LogP contribution in [0.4, 0.5) is 23.7 Å². The lowest BCUT2D eigenvalue weighted by molar-refractivity contribution is -0.141. The summed E-state index contributed by atoms with van der Waals surface area (Å²) in [7, 11) is 0. The summed E-state index contributed by atoms with van der Waals surface area (Å²) in [5.74, 6) is 2.23. The molecule has 1 aromatic heterocycles. The van der Waals surface area contributed by atoms with Crippen LogP contribution < -0.4 is 16.2 Å². The van der Waals surface area contributed by atoms with Gasteiger partial charge in [-0.3, -0.25) is 4.79 Å². The molecule has 0 aliphatic rings. The number of hydrogen-bond acceptors (Lipinski definition) is 2. The van der Waals surface area contributed by atoms with E-state index < -0.39 is 30.4 Å². The van der Waals surface area contributed by atoms with Crippen LogP contribution in [0.5, 0.6) is 0 Å². The first-order chi connectivity index (χ1) is 9.23. The summed E-state index contributed by atoms with van der Waals surface area (Å²) >= 11 is 0. The SMILES string of the molecule is C#C[C@@H](C)NC(=O)Nc1cccn(CC(F)(F)F)c1=O. The highest BCUT2D eigenvalue weighted by molar-refractivity contribution is 5.89. The minimum atomic E-state index is -4.53. The van der Waals surface area contributed by atoms with Gasteiger partial charge >= 0.3 is 12.2 Å². The Morgan fingerprint density at radius 3 is 2.75 bits per heavy atom. The average molecular weight is 287 g/mol. The second-order valence-electron chi connectivity index (χ2n) is 3.96. The van der Waals surface area contributed by atoms with Crippen LogP contribution in [0.3, 0.4) is 0 Å². The normalized spacial score (nSPS) is 12.3. The summed E-state index contributed by atoms with van der Waals surface area (Å²) in [6, 6.07) is 1.09. The number of nitrogens with zero attached hydrogens (tertiary/aromatic N) is 1. The number of urea groups is 1. The van der Waals surface area contributed by atoms with Crippen molar-refractivity contribution in [2.24, 2.45) is 0 Å². The standard InChI is InChI=1S/C12H12F3N3O2/c1-3-8(2)16-11(20)17-9-5-4-6-18(10(9)19)7-12(13,14)15/h1,4-6,8H,7H2,2H3,(H2,16,17,20)/t8-/m1/s1. The van der Waals surface area contributed by atoms with Gasteiger partial charge in [0.1, 0.15) is 12.2 Å². The molecule has 0 saturated heterocycles. The third-order valence-corrected chi connectivity index (χ3v) is 2.22. The fraction of sp³-hybridized carbons (Fsp3) is 0.333. The van der Waals surface area contributed by atoms with Gasteiger partial charge in [-0.2, -0.15) is 13.2 Å². The summed E-state index contributed by atoms with van der Waals surface area (Å²) in [6.45, 7) is 0.107. The van der Waals surface area contributed by atoms with Crippen LogP contribution >= 0.6 is 0 Å². The van der Waals surface area contributed by atoms with Crippen molar-refractivity contribution >= 4 is 11.7 Å². The highest BCUT2D eigenvalue weighted by atomic mass is 19.4. The first-order valence-corrected chi connectivity index (χ1v) is 5.53. The summed E-state index contributed by atoms with van der Waals surface area (Å²) in [5, 5.41) is 4.47. The van der Waals surface area contributed by atoms with Crippen LogP contribution in [0.1, 0.15) is 6.92 Å². The molecule has 0 aromatic carbocycles. The summed E-state index contributed by atoms with van der Waals surface area (Å²) in [4.78, 5) is 23.2. The van der Waals surface area contributed by atoms with E-state index in [2.05, 4.69) is 16.6 Å². The second kappa shape index (κ2) is 6.14. The van der Waals surface area contributed by atoms with E-state index in [9.17, 15) is 22.8 Å². The number of carbonyl (C=O) groups excluding carboxylic acids is 1. The van der Waals surface area contributed by atoms with E-state index in [-0.39, 0.29) is 5.69 Å². The molecule has 108 valence electrons. The van der Waals surface area contributed by atoms with E-state index in [1.165, 1.54) is 19.1 Å². The van der Waals surface area contributed by atoms with Crippen LogP contribution in [0.15, 0.2) is 23.1 Å². The predicted octanol–water partition coefficient (Wildman–Crippen LogP) is 1.55. The molecule has 1 heterocycles. The van der Waals surface area contributed by atoms with Crippen LogP contribution in [0.2, 0.25) is 0 Å². The Labute approximate surface area is 112 Å². The van der Waals surface area contributed by atoms with Crippen molar-refractivity contribution in [2.75, 3.05) is 5.32 Å². The van der Waals surface area contributed by atoms with E-state index in [0.29, 0.717) is 4.57 Å². The molecule has 0 saturated carbocycles. The molecule has 0 spiro atoms. The van der Waals surface area contributed by atoms with Gasteiger partial charge < -0.3 is 15.2 Å². The van der Waals surface area contributed by atoms with Crippen LogP contribution in [0.25, 0.3) is 0 Å². The van der Waals surface area contributed by atoms with E-state index in [0.717, 1.165) is 6.20 Å². The maximum Gasteiger partial charge on any atom is 0.406 e. The van der Waals surface area contributed by atoms with Gasteiger partial charge in [-0.25, -0.2) is 4.79 Å². The molecule has 0 radical (unpaired) electrons. The molecule has 2 amide bonds. The highest BCUT2D eigenvalue weighted by Gasteiger charge is 2.28. The predicted molar refractivity (Wildman–Crippen MR) is 67.2 cm³/mol. The smallest absolute Gasteiger partial charge is 0.325 e. The maximum atomic E-state index is 12.3. The molecule has 1 atom stereocenters. The number of nitrogens with one attached hydrogen (secondary N) is 2. The topological polar surface area (TPSA) is 63.1 Å². The van der Waals surface area contributed by atoms with Gasteiger partial charge in [0.15, 0.2) is 0 Å². The second-order valence-corrected chi connectivity index (χ2v) is 3.96. The third kappa shape index (κ3) is 4.68. The van der Waals surface area contributed by atoms with Crippen molar-refractivity contribution in [2.45, 2.75) is 25.7 Å². The minimum Gasteiger partial charge on any atom is -0.325 e. The van der Waals surface area contributed by atoms with Crippen molar-refractivity contribution in [3.63, 3.8) is 0 Å². The van der Waals surface area contributed by atoms with E-state index >= 15 is 0 Å². The van der Waals surface area contributed by atoms with Crippen LogP contribution in [-0.2, 0) is 6.54 Å². The zero-order chi connectivity index (χ0) is 15.3. The maximum absolute atomic E-state index is 12.3. The molecule has 0 bridgehead atoms. The van der Waals surface area contributed by atoms with Crippen molar-refractivity contribution in [1.82, 2.24) is 9.88 Å². The van der Waals surface area contributed by atoms with E-state index in [1.807, 2.05) is 0 Å². The van der Waals surface area contributed by atoms with Gasteiger partial charge in [0.25, 0.3) is 5.56 Å². The van der Waals surface area contributed by atoms with E-state index in [4.69, 9.17) is 6.42 Å². The van der Waals surface area contributed by atoms with Gasteiger partial charge in [0, 0.05) is 6.20 Å². The number of hydrogen-bond donors (Lipinski definition) is 2. The monoisotopic (exact) mass is 287 g/mol. The number of rotatable bonds is 3. The Bertz CT molecular complexity index is 587. The number of terminal acetylenes is 1. The van der Waals surface area contributed by atoms with Gasteiger partial charge in [-0.05, 0) is 19.1 Å². The quantitative estimate of drug-likeness (QED) is 0.829. The third-order valence-electron chi connectivity index (χ3n) is 2.22. The Hall–Kier alpha value is -2.43. The van der Waals surface area contributed by atoms with Gasteiger partial charge in [-0.1, -0.05) is 5.92 Å². The average Bonchev–Trinajstić information content (AvgIpc) is 2.32. The molecular weight excluding hydrogens is 275 g/mol. The number of amides is 2. The van der Waals surface area contributed by atoms with Gasteiger partial charge in [0.2, 0.25) is 0 Å². The molecule has 1 aromatic rings. The zero-order valence-corrected chi connectivity index (χ0v) is 10.5. The fourth-order valence-corrected chi connectivity index (χ4v) is 1.35. The molecule has 8 heteroatoms. The summed E-state index contributed by atoms with van der Waals surface area (Å²) < 4.78 is 37.2. The van der Waals surface area contributed by atoms with Crippen LogP contribution in [-0.4, -0.2) is 22.8 Å². The summed E-state index contributed by atoms with van der Waals surface area (Å²) in [6.07, 6.45) is 1.52. The molecule has 0 aliphatic carbocycles. The lowest BCUT2D eigenvalue weighted by Gasteiger charge is -2.12. The molecule has 5 nitrogen and oxygen atoms in total. The number of alkyl halides is 3. The lowest BCUT2D eigenvalue weighted by Crippen LogP contribution is -2.37. The Balaban J connectivity index is 2.88. The first-order valence-electron chi connectivity index (χ1n) is 5.53. The van der Waals surface area contributed by atoms with Crippen molar-refractivity contribution < 1.29 is 18.0 Å². The van der Waals surface area contributed by atoms with Crippen LogP contribution in [0, 0.1) is 12.3 Å². The molecule has 2 N–H and O–H groups in total.